The molecular weight excluding hydrogens is 230 g/mol. The van der Waals surface area contributed by atoms with Crippen LogP contribution in [0.2, 0.25) is 0 Å². The van der Waals surface area contributed by atoms with Crippen molar-refractivity contribution in [2.24, 2.45) is 0 Å². The smallest absolute Gasteiger partial charge is 0.337 e. The number of carboxylic acid groups (broad SMARTS) is 1. The van der Waals surface area contributed by atoms with Crippen molar-refractivity contribution in [1.29, 1.82) is 0 Å². The Morgan fingerprint density at radius 2 is 2.22 bits per heavy atom. The van der Waals surface area contributed by atoms with Gasteiger partial charge in [-0.05, 0) is 29.8 Å². The van der Waals surface area contributed by atoms with Gasteiger partial charge < -0.3 is 16.2 Å². The molecular formula is C13H13N3O2. The summed E-state index contributed by atoms with van der Waals surface area (Å²) in [7, 11) is 0. The fraction of sp³-hybridized carbons (Fsp3) is 0.0769. The standard InChI is InChI=1S/C13H13N3O2/c14-10-3-4-11(13(17)18)12(6-10)16-8-9-2-1-5-15-7-9/h1-7,16H,8,14H2,(H,17,18). The van der Waals surface area contributed by atoms with Gasteiger partial charge in [-0.25, -0.2) is 4.79 Å². The third-order valence-corrected chi connectivity index (χ3v) is 2.48. The fourth-order valence-corrected chi connectivity index (χ4v) is 1.59. The van der Waals surface area contributed by atoms with Crippen molar-refractivity contribution in [3.05, 3.63) is 53.9 Å². The molecule has 1 aromatic carbocycles. The quantitative estimate of drug-likeness (QED) is 0.714. The minimum absolute atomic E-state index is 0.202. The lowest BCUT2D eigenvalue weighted by molar-refractivity contribution is 0.0698. The monoisotopic (exact) mass is 243 g/mol. The average Bonchev–Trinajstić information content (AvgIpc) is 2.37. The Morgan fingerprint density at radius 1 is 1.39 bits per heavy atom. The van der Waals surface area contributed by atoms with Gasteiger partial charge in [0.1, 0.15) is 0 Å². The highest BCUT2D eigenvalue weighted by Gasteiger charge is 2.09. The topological polar surface area (TPSA) is 88.2 Å². The number of hydrogen-bond acceptors (Lipinski definition) is 4. The molecule has 5 nitrogen and oxygen atoms in total. The summed E-state index contributed by atoms with van der Waals surface area (Å²) in [5.41, 5.74) is 7.85. The maximum absolute atomic E-state index is 11.1. The second-order valence-electron chi connectivity index (χ2n) is 3.83. The van der Waals surface area contributed by atoms with E-state index in [1.54, 1.807) is 24.5 Å². The summed E-state index contributed by atoms with van der Waals surface area (Å²) in [5, 5.41) is 12.1. The van der Waals surface area contributed by atoms with E-state index in [2.05, 4.69) is 10.3 Å². The van der Waals surface area contributed by atoms with Gasteiger partial charge in [-0.1, -0.05) is 6.07 Å². The van der Waals surface area contributed by atoms with E-state index in [0.717, 1.165) is 5.56 Å². The van der Waals surface area contributed by atoms with Crippen LogP contribution in [0.4, 0.5) is 11.4 Å². The van der Waals surface area contributed by atoms with Crippen LogP contribution in [0.15, 0.2) is 42.7 Å². The Balaban J connectivity index is 2.18. The predicted octanol–water partition coefficient (Wildman–Crippen LogP) is 1.97. The van der Waals surface area contributed by atoms with Crippen LogP contribution in [0.3, 0.4) is 0 Å². The zero-order valence-corrected chi connectivity index (χ0v) is 9.63. The number of nitrogen functional groups attached to an aromatic ring is 1. The molecule has 0 atom stereocenters. The zero-order chi connectivity index (χ0) is 13.0. The number of hydrogen-bond donors (Lipinski definition) is 3. The lowest BCUT2D eigenvalue weighted by Gasteiger charge is -2.10. The van der Waals surface area contributed by atoms with Crippen LogP contribution in [0.1, 0.15) is 15.9 Å². The largest absolute Gasteiger partial charge is 0.478 e. The van der Waals surface area contributed by atoms with Crippen molar-refractivity contribution >= 4 is 17.3 Å². The van der Waals surface area contributed by atoms with Gasteiger partial charge >= 0.3 is 5.97 Å². The second kappa shape index (κ2) is 5.18. The predicted molar refractivity (Wildman–Crippen MR) is 69.4 cm³/mol. The summed E-state index contributed by atoms with van der Waals surface area (Å²) in [6.07, 6.45) is 3.41. The SMILES string of the molecule is Nc1ccc(C(=O)O)c(NCc2cccnc2)c1. The van der Waals surface area contributed by atoms with E-state index in [1.807, 2.05) is 12.1 Å². The first-order chi connectivity index (χ1) is 8.66. The van der Waals surface area contributed by atoms with Crippen LogP contribution in [-0.4, -0.2) is 16.1 Å². The highest BCUT2D eigenvalue weighted by atomic mass is 16.4. The number of nitrogens with zero attached hydrogens (tertiary/aromatic N) is 1. The van der Waals surface area contributed by atoms with E-state index < -0.39 is 5.97 Å². The van der Waals surface area contributed by atoms with Crippen molar-refractivity contribution in [3.63, 3.8) is 0 Å². The number of pyridine rings is 1. The van der Waals surface area contributed by atoms with Gasteiger partial charge in [0.2, 0.25) is 0 Å². The molecule has 0 saturated carbocycles. The summed E-state index contributed by atoms with van der Waals surface area (Å²) in [5.74, 6) is -0.983. The molecule has 1 heterocycles. The van der Waals surface area contributed by atoms with Gasteiger partial charge in [-0.2, -0.15) is 0 Å². The number of carbonyl (C=O) groups is 1. The maximum atomic E-state index is 11.1. The molecule has 5 heteroatoms. The fourth-order valence-electron chi connectivity index (χ4n) is 1.59. The highest BCUT2D eigenvalue weighted by Crippen LogP contribution is 2.20. The Kier molecular flexibility index (Phi) is 3.43. The van der Waals surface area contributed by atoms with Gasteiger partial charge in [0.05, 0.1) is 11.3 Å². The van der Waals surface area contributed by atoms with Crippen LogP contribution in [0.25, 0.3) is 0 Å². The van der Waals surface area contributed by atoms with E-state index in [4.69, 9.17) is 10.8 Å². The molecule has 0 bridgehead atoms. The van der Waals surface area contributed by atoms with E-state index in [1.165, 1.54) is 6.07 Å². The molecule has 0 aliphatic carbocycles. The number of benzene rings is 1. The number of carboxylic acids is 1. The zero-order valence-electron chi connectivity index (χ0n) is 9.63. The lowest BCUT2D eigenvalue weighted by atomic mass is 10.1. The number of nitrogens with two attached hydrogens (primary N) is 1. The van der Waals surface area contributed by atoms with E-state index in [-0.39, 0.29) is 5.56 Å². The molecule has 92 valence electrons. The first-order valence-corrected chi connectivity index (χ1v) is 5.42. The molecule has 1 aromatic heterocycles. The summed E-state index contributed by atoms with van der Waals surface area (Å²) in [6.45, 7) is 0.498. The molecule has 0 aliphatic heterocycles. The number of rotatable bonds is 4. The number of aromatic carboxylic acids is 1. The van der Waals surface area contributed by atoms with E-state index >= 15 is 0 Å². The number of aromatic nitrogens is 1. The Morgan fingerprint density at radius 3 is 2.89 bits per heavy atom. The molecule has 18 heavy (non-hydrogen) atoms. The first-order valence-electron chi connectivity index (χ1n) is 5.42. The summed E-state index contributed by atoms with van der Waals surface area (Å²) >= 11 is 0. The minimum Gasteiger partial charge on any atom is -0.478 e. The van der Waals surface area contributed by atoms with Crippen LogP contribution < -0.4 is 11.1 Å². The maximum Gasteiger partial charge on any atom is 0.337 e. The van der Waals surface area contributed by atoms with Crippen LogP contribution in [-0.2, 0) is 6.54 Å². The molecule has 2 rings (SSSR count). The Hall–Kier alpha value is -2.56. The van der Waals surface area contributed by atoms with Crippen LogP contribution in [0, 0.1) is 0 Å². The molecule has 0 radical (unpaired) electrons. The molecule has 0 aliphatic rings. The average molecular weight is 243 g/mol. The van der Waals surface area contributed by atoms with E-state index in [9.17, 15) is 4.79 Å². The minimum atomic E-state index is -0.983. The van der Waals surface area contributed by atoms with Crippen LogP contribution in [0.5, 0.6) is 0 Å². The highest BCUT2D eigenvalue weighted by molar-refractivity contribution is 5.95. The number of anilines is 2. The first kappa shape index (κ1) is 11.9. The summed E-state index contributed by atoms with van der Waals surface area (Å²) in [4.78, 5) is 15.0. The van der Waals surface area contributed by atoms with Crippen LogP contribution >= 0.6 is 0 Å². The molecule has 4 N–H and O–H groups in total. The Bertz CT molecular complexity index is 555. The Labute approximate surface area is 104 Å². The molecule has 0 fully saturated rings. The molecule has 2 aromatic rings. The number of nitrogens with one attached hydrogen (secondary N) is 1. The lowest BCUT2D eigenvalue weighted by Crippen LogP contribution is -2.07. The van der Waals surface area contributed by atoms with E-state index in [0.29, 0.717) is 17.9 Å². The normalized spacial score (nSPS) is 10.0. The molecule has 0 saturated heterocycles. The van der Waals surface area contributed by atoms with Crippen molar-refractivity contribution in [1.82, 2.24) is 4.98 Å². The van der Waals surface area contributed by atoms with Crippen molar-refractivity contribution in [2.45, 2.75) is 6.54 Å². The van der Waals surface area contributed by atoms with Crippen molar-refractivity contribution in [3.8, 4) is 0 Å². The van der Waals surface area contributed by atoms with Gasteiger partial charge in [-0.3, -0.25) is 4.98 Å². The molecule has 0 amide bonds. The van der Waals surface area contributed by atoms with Gasteiger partial charge in [-0.15, -0.1) is 0 Å². The summed E-state index contributed by atoms with van der Waals surface area (Å²) < 4.78 is 0. The second-order valence-corrected chi connectivity index (χ2v) is 3.83. The third-order valence-electron chi connectivity index (χ3n) is 2.48. The van der Waals surface area contributed by atoms with Gasteiger partial charge in [0.25, 0.3) is 0 Å². The van der Waals surface area contributed by atoms with Gasteiger partial charge in [0, 0.05) is 24.6 Å². The van der Waals surface area contributed by atoms with Gasteiger partial charge in [0.15, 0.2) is 0 Å². The summed E-state index contributed by atoms with van der Waals surface area (Å²) in [6, 6.07) is 8.41. The van der Waals surface area contributed by atoms with Crippen molar-refractivity contribution in [2.75, 3.05) is 11.1 Å². The van der Waals surface area contributed by atoms with Crippen molar-refractivity contribution < 1.29 is 9.90 Å². The third kappa shape index (κ3) is 2.76. The molecule has 0 unspecified atom stereocenters. The molecule has 0 spiro atoms.